The summed E-state index contributed by atoms with van der Waals surface area (Å²) in [5.74, 6) is -0.181. The second-order valence-electron chi connectivity index (χ2n) is 10.0. The number of epoxide rings is 2. The minimum absolute atomic E-state index is 0.0580. The number of hydrogen-bond acceptors (Lipinski definition) is 6. The Morgan fingerprint density at radius 1 is 1.32 bits per heavy atom. The smallest absolute Gasteiger partial charge is 0.320 e. The van der Waals surface area contributed by atoms with Gasteiger partial charge in [-0.05, 0) is 60.8 Å². The van der Waals surface area contributed by atoms with Crippen molar-refractivity contribution in [1.29, 1.82) is 0 Å². The molecule has 1 N–H and O–H groups in total. The summed E-state index contributed by atoms with van der Waals surface area (Å²) in [4.78, 5) is 12.4. The second-order valence-corrected chi connectivity index (χ2v) is 10.0. The summed E-state index contributed by atoms with van der Waals surface area (Å²) in [7, 11) is 1.70. The molecule has 6 atom stereocenters. The first-order valence-electron chi connectivity index (χ1n) is 10.4. The van der Waals surface area contributed by atoms with E-state index in [0.29, 0.717) is 0 Å². The molecule has 1 saturated carbocycles. The van der Waals surface area contributed by atoms with Gasteiger partial charge in [0, 0.05) is 12.6 Å². The summed E-state index contributed by atoms with van der Waals surface area (Å²) < 4.78 is 23.9. The molecule has 3 rings (SSSR count). The van der Waals surface area contributed by atoms with E-state index in [4.69, 9.17) is 18.9 Å². The Balaban J connectivity index is 1.69. The number of rotatable bonds is 7. The van der Waals surface area contributed by atoms with Crippen molar-refractivity contribution >= 4 is 5.97 Å². The van der Waals surface area contributed by atoms with Crippen LogP contribution in [0.25, 0.3) is 0 Å². The first-order chi connectivity index (χ1) is 13.0. The molecular weight excluding hydrogens is 358 g/mol. The van der Waals surface area contributed by atoms with E-state index in [1.54, 1.807) is 7.11 Å². The van der Waals surface area contributed by atoms with Crippen LogP contribution in [0.5, 0.6) is 0 Å². The molecule has 0 aromatic carbocycles. The lowest BCUT2D eigenvalue weighted by atomic mass is 9.68. The number of ether oxygens (including phenoxy) is 4. The van der Waals surface area contributed by atoms with Gasteiger partial charge in [0.2, 0.25) is 0 Å². The van der Waals surface area contributed by atoms with Gasteiger partial charge in [0.25, 0.3) is 0 Å². The van der Waals surface area contributed by atoms with E-state index in [2.05, 4.69) is 32.2 Å². The van der Waals surface area contributed by atoms with Crippen LogP contribution < -0.4 is 5.32 Å². The van der Waals surface area contributed by atoms with Crippen molar-refractivity contribution in [3.8, 4) is 0 Å². The molecule has 6 heteroatoms. The number of carbonyl (C=O) groups excluding carboxylic acids is 1. The summed E-state index contributed by atoms with van der Waals surface area (Å²) in [5, 5.41) is 3.19. The van der Waals surface area contributed by atoms with Crippen LogP contribution in [0.15, 0.2) is 11.6 Å². The van der Waals surface area contributed by atoms with Crippen molar-refractivity contribution < 1.29 is 23.7 Å². The topological polar surface area (TPSA) is 72.6 Å². The van der Waals surface area contributed by atoms with Gasteiger partial charge < -0.3 is 24.3 Å². The normalized spacial score (nSPS) is 39.5. The van der Waals surface area contributed by atoms with Crippen LogP contribution in [-0.2, 0) is 23.7 Å². The molecule has 0 bridgehead atoms. The fourth-order valence-electron chi connectivity index (χ4n) is 4.62. The predicted molar refractivity (Wildman–Crippen MR) is 107 cm³/mol. The van der Waals surface area contributed by atoms with Gasteiger partial charge in [-0.15, -0.1) is 0 Å². The Hall–Kier alpha value is -0.950. The van der Waals surface area contributed by atoms with Gasteiger partial charge >= 0.3 is 5.97 Å². The molecule has 160 valence electrons. The number of hydrogen-bond donors (Lipinski definition) is 1. The third-order valence-electron chi connectivity index (χ3n) is 6.28. The van der Waals surface area contributed by atoms with Gasteiger partial charge in [0.15, 0.2) is 0 Å². The fourth-order valence-corrected chi connectivity index (χ4v) is 4.62. The third-order valence-corrected chi connectivity index (χ3v) is 6.28. The van der Waals surface area contributed by atoms with Crippen LogP contribution in [-0.4, -0.2) is 61.3 Å². The van der Waals surface area contributed by atoms with Crippen molar-refractivity contribution in [3.63, 3.8) is 0 Å². The Bertz CT molecular complexity index is 617. The Kier molecular flexibility index (Phi) is 5.99. The quantitative estimate of drug-likeness (QED) is 0.406. The van der Waals surface area contributed by atoms with E-state index >= 15 is 0 Å². The van der Waals surface area contributed by atoms with Crippen molar-refractivity contribution in [3.05, 3.63) is 11.6 Å². The molecule has 0 amide bonds. The number of allylic oxidation sites excluding steroid dienone is 1. The molecule has 3 aliphatic rings. The Labute approximate surface area is 169 Å². The number of methoxy groups -OCH3 is 1. The molecule has 2 aliphatic heterocycles. The minimum Gasteiger partial charge on any atom is -0.459 e. The highest BCUT2D eigenvalue weighted by molar-refractivity contribution is 5.72. The van der Waals surface area contributed by atoms with Crippen molar-refractivity contribution in [2.24, 2.45) is 5.92 Å². The highest BCUT2D eigenvalue weighted by atomic mass is 16.6. The SMILES string of the molecule is CO[C@@H]1[C@H](OC(=O)CNC(C)(C)C)CC[C@]2(CO2)[C@H]1[C@@]1(C)OC1CC=C(C)C. The van der Waals surface area contributed by atoms with Gasteiger partial charge in [-0.25, -0.2) is 0 Å². The van der Waals surface area contributed by atoms with Gasteiger partial charge in [0.05, 0.1) is 25.2 Å². The van der Waals surface area contributed by atoms with Crippen LogP contribution >= 0.6 is 0 Å². The monoisotopic (exact) mass is 395 g/mol. The molecule has 1 unspecified atom stereocenters. The summed E-state index contributed by atoms with van der Waals surface area (Å²) in [6, 6.07) is 0. The van der Waals surface area contributed by atoms with E-state index < -0.39 is 0 Å². The first kappa shape index (κ1) is 21.8. The van der Waals surface area contributed by atoms with Crippen LogP contribution in [0.3, 0.4) is 0 Å². The maximum Gasteiger partial charge on any atom is 0.320 e. The van der Waals surface area contributed by atoms with Gasteiger partial charge in [0.1, 0.15) is 23.4 Å². The van der Waals surface area contributed by atoms with E-state index in [1.165, 1.54) is 5.57 Å². The average molecular weight is 396 g/mol. The highest BCUT2D eigenvalue weighted by Crippen LogP contribution is 2.59. The van der Waals surface area contributed by atoms with E-state index in [0.717, 1.165) is 25.9 Å². The number of esters is 1. The van der Waals surface area contributed by atoms with E-state index in [-0.39, 0.29) is 53.5 Å². The lowest BCUT2D eigenvalue weighted by molar-refractivity contribution is -0.171. The number of carbonyl (C=O) groups is 1. The fraction of sp³-hybridized carbons (Fsp3) is 0.864. The zero-order chi connectivity index (χ0) is 20.7. The van der Waals surface area contributed by atoms with Crippen LogP contribution in [0, 0.1) is 5.92 Å². The lowest BCUT2D eigenvalue weighted by Gasteiger charge is -2.42. The van der Waals surface area contributed by atoms with Crippen molar-refractivity contribution in [2.45, 2.75) is 95.9 Å². The minimum atomic E-state index is -0.308. The molecule has 2 heterocycles. The maximum atomic E-state index is 12.4. The average Bonchev–Trinajstić information content (AvgIpc) is 3.50. The van der Waals surface area contributed by atoms with Gasteiger partial charge in [-0.3, -0.25) is 4.79 Å². The summed E-state index contributed by atoms with van der Waals surface area (Å²) in [6.07, 6.45) is 4.39. The molecule has 0 radical (unpaired) electrons. The lowest BCUT2D eigenvalue weighted by Crippen LogP contribution is -2.56. The molecular formula is C22H37NO5. The van der Waals surface area contributed by atoms with Gasteiger partial charge in [-0.1, -0.05) is 11.6 Å². The molecule has 6 nitrogen and oxygen atoms in total. The van der Waals surface area contributed by atoms with Gasteiger partial charge in [-0.2, -0.15) is 0 Å². The zero-order valence-corrected chi connectivity index (χ0v) is 18.5. The molecule has 2 saturated heterocycles. The molecule has 1 aliphatic carbocycles. The molecule has 0 aromatic heterocycles. The molecule has 28 heavy (non-hydrogen) atoms. The zero-order valence-electron chi connectivity index (χ0n) is 18.5. The molecule has 1 spiro atoms. The van der Waals surface area contributed by atoms with E-state index in [9.17, 15) is 4.79 Å². The Morgan fingerprint density at radius 3 is 2.54 bits per heavy atom. The van der Waals surface area contributed by atoms with Crippen LogP contribution in [0.4, 0.5) is 0 Å². The first-order valence-corrected chi connectivity index (χ1v) is 10.4. The maximum absolute atomic E-state index is 12.4. The second kappa shape index (κ2) is 7.71. The summed E-state index contributed by atoms with van der Waals surface area (Å²) in [6.45, 7) is 13.4. The summed E-state index contributed by atoms with van der Waals surface area (Å²) >= 11 is 0. The molecule has 0 aromatic rings. The Morgan fingerprint density at radius 2 is 2.00 bits per heavy atom. The van der Waals surface area contributed by atoms with E-state index in [1.807, 2.05) is 20.8 Å². The largest absolute Gasteiger partial charge is 0.459 e. The van der Waals surface area contributed by atoms with Crippen LogP contribution in [0.1, 0.15) is 60.8 Å². The number of nitrogens with one attached hydrogen (secondary N) is 1. The van der Waals surface area contributed by atoms with Crippen molar-refractivity contribution in [2.75, 3.05) is 20.3 Å². The predicted octanol–water partition coefficient (Wildman–Crippen LogP) is 2.99. The third kappa shape index (κ3) is 4.61. The molecule has 3 fully saturated rings. The summed E-state index contributed by atoms with van der Waals surface area (Å²) in [5.41, 5.74) is 0.661. The standard InChI is InChI=1S/C22H37NO5/c1-14(2)8-9-16-21(6,28-16)19-18(25-7)15(10-11-22(19)13-26-22)27-17(24)12-23-20(3,4)5/h8,15-16,18-19,23H,9-13H2,1-7H3/t15-,16?,18-,19-,21+,22+/m1/s1. The van der Waals surface area contributed by atoms with Crippen LogP contribution in [0.2, 0.25) is 0 Å². The van der Waals surface area contributed by atoms with Crippen molar-refractivity contribution in [1.82, 2.24) is 5.32 Å². The highest BCUT2D eigenvalue weighted by Gasteiger charge is 2.72.